The van der Waals surface area contributed by atoms with Crippen LogP contribution in [0.3, 0.4) is 0 Å². The van der Waals surface area contributed by atoms with E-state index in [0.29, 0.717) is 16.8 Å². The van der Waals surface area contributed by atoms with E-state index >= 15 is 0 Å². The van der Waals surface area contributed by atoms with E-state index in [-0.39, 0.29) is 5.57 Å². The molecule has 0 heterocycles. The molecular formula is C20H18BrNO3. The summed E-state index contributed by atoms with van der Waals surface area (Å²) in [4.78, 5) is 12.2. The van der Waals surface area contributed by atoms with Gasteiger partial charge in [-0.2, -0.15) is 5.26 Å². The Morgan fingerprint density at radius 1 is 1.24 bits per heavy atom. The zero-order chi connectivity index (χ0) is 18.2. The third-order valence-electron chi connectivity index (χ3n) is 3.29. The Labute approximate surface area is 155 Å². The predicted molar refractivity (Wildman–Crippen MR) is 100 cm³/mol. The first-order chi connectivity index (χ1) is 12.0. The molecule has 0 unspecified atom stereocenters. The molecule has 0 saturated carbocycles. The zero-order valence-corrected chi connectivity index (χ0v) is 15.7. The van der Waals surface area contributed by atoms with Gasteiger partial charge in [0.05, 0.1) is 11.1 Å². The summed E-state index contributed by atoms with van der Waals surface area (Å²) in [6.07, 6.45) is 2.43. The molecule has 25 heavy (non-hydrogen) atoms. The molecule has 2 rings (SSSR count). The highest BCUT2D eigenvalue weighted by molar-refractivity contribution is 9.10. The fraction of sp³-hybridized carbons (Fsp3) is 0.200. The number of hydrogen-bond donors (Lipinski definition) is 0. The second-order valence-corrected chi connectivity index (χ2v) is 6.27. The quantitative estimate of drug-likeness (QED) is 0.294. The summed E-state index contributed by atoms with van der Waals surface area (Å²) in [5.41, 5.74) is 1.68. The van der Waals surface area contributed by atoms with Crippen LogP contribution in [0.2, 0.25) is 0 Å². The highest BCUT2D eigenvalue weighted by Gasteiger charge is 2.14. The van der Waals surface area contributed by atoms with Gasteiger partial charge in [0.15, 0.2) is 0 Å². The molecule has 4 nitrogen and oxygen atoms in total. The van der Waals surface area contributed by atoms with Crippen molar-refractivity contribution in [2.75, 3.05) is 6.61 Å². The van der Waals surface area contributed by atoms with Crippen LogP contribution >= 0.6 is 15.9 Å². The fourth-order valence-corrected chi connectivity index (χ4v) is 2.60. The smallest absolute Gasteiger partial charge is 0.354 e. The van der Waals surface area contributed by atoms with Gasteiger partial charge in [-0.1, -0.05) is 25.1 Å². The second kappa shape index (κ2) is 9.05. The zero-order valence-electron chi connectivity index (χ0n) is 14.1. The lowest BCUT2D eigenvalue weighted by molar-refractivity contribution is -0.129. The molecule has 0 atom stereocenters. The van der Waals surface area contributed by atoms with Crippen LogP contribution in [-0.4, -0.2) is 12.6 Å². The number of halogens is 1. The molecule has 0 aliphatic heterocycles. The van der Waals surface area contributed by atoms with E-state index in [4.69, 9.17) is 9.47 Å². The van der Waals surface area contributed by atoms with Crippen LogP contribution in [-0.2, 0) is 4.79 Å². The van der Waals surface area contributed by atoms with Gasteiger partial charge in [-0.25, -0.2) is 4.79 Å². The van der Waals surface area contributed by atoms with E-state index in [2.05, 4.69) is 15.9 Å². The monoisotopic (exact) mass is 399 g/mol. The number of benzene rings is 2. The number of esters is 1. The van der Waals surface area contributed by atoms with E-state index in [1.165, 1.54) is 6.08 Å². The molecular weight excluding hydrogens is 382 g/mol. The lowest BCUT2D eigenvalue weighted by atomic mass is 10.1. The van der Waals surface area contributed by atoms with Crippen LogP contribution in [0.15, 0.2) is 52.5 Å². The summed E-state index contributed by atoms with van der Waals surface area (Å²) in [5, 5.41) is 9.26. The predicted octanol–water partition coefficient (Wildman–Crippen LogP) is 5.06. The van der Waals surface area contributed by atoms with Gasteiger partial charge in [0.1, 0.15) is 23.1 Å². The van der Waals surface area contributed by atoms with E-state index in [0.717, 1.165) is 23.3 Å². The molecule has 0 saturated heterocycles. The largest absolute Gasteiger partial charge is 0.494 e. The van der Waals surface area contributed by atoms with Gasteiger partial charge < -0.3 is 9.47 Å². The van der Waals surface area contributed by atoms with Crippen LogP contribution in [0.25, 0.3) is 6.08 Å². The molecule has 2 aromatic carbocycles. The number of nitriles is 1. The Morgan fingerprint density at radius 3 is 2.56 bits per heavy atom. The number of hydrogen-bond acceptors (Lipinski definition) is 4. The van der Waals surface area contributed by atoms with Crippen LogP contribution < -0.4 is 9.47 Å². The maximum atomic E-state index is 12.2. The summed E-state index contributed by atoms with van der Waals surface area (Å²) < 4.78 is 11.5. The molecule has 0 amide bonds. The van der Waals surface area contributed by atoms with Crippen molar-refractivity contribution < 1.29 is 14.3 Å². The Balaban J connectivity index is 2.13. The van der Waals surface area contributed by atoms with E-state index in [9.17, 15) is 10.1 Å². The van der Waals surface area contributed by atoms with Gasteiger partial charge >= 0.3 is 5.97 Å². The van der Waals surface area contributed by atoms with Crippen molar-refractivity contribution in [3.8, 4) is 17.6 Å². The molecule has 0 aliphatic carbocycles. The highest BCUT2D eigenvalue weighted by Crippen LogP contribution is 2.26. The summed E-state index contributed by atoms with van der Waals surface area (Å²) in [6.45, 7) is 4.62. The average Bonchev–Trinajstić information content (AvgIpc) is 2.61. The van der Waals surface area contributed by atoms with Gasteiger partial charge in [-0.15, -0.1) is 0 Å². The average molecular weight is 400 g/mol. The van der Waals surface area contributed by atoms with Crippen molar-refractivity contribution in [3.05, 3.63) is 63.6 Å². The maximum Gasteiger partial charge on any atom is 0.354 e. The molecule has 128 valence electrons. The lowest BCUT2D eigenvalue weighted by Gasteiger charge is -2.07. The minimum absolute atomic E-state index is 0.0744. The molecule has 0 fully saturated rings. The van der Waals surface area contributed by atoms with Crippen molar-refractivity contribution >= 4 is 28.0 Å². The van der Waals surface area contributed by atoms with Gasteiger partial charge in [0.2, 0.25) is 0 Å². The van der Waals surface area contributed by atoms with E-state index < -0.39 is 5.97 Å². The first kappa shape index (κ1) is 18.8. The van der Waals surface area contributed by atoms with Gasteiger partial charge in [-0.05, 0) is 70.7 Å². The molecule has 0 bridgehead atoms. The Bertz CT molecular complexity index is 820. The number of ether oxygens (including phenoxy) is 2. The summed E-state index contributed by atoms with van der Waals surface area (Å²) in [6, 6.07) is 14.4. The Kier molecular flexibility index (Phi) is 6.79. The van der Waals surface area contributed by atoms with Crippen molar-refractivity contribution in [2.24, 2.45) is 0 Å². The molecule has 0 aliphatic rings. The first-order valence-corrected chi connectivity index (χ1v) is 8.65. The summed E-state index contributed by atoms with van der Waals surface area (Å²) >= 11 is 3.35. The van der Waals surface area contributed by atoms with E-state index in [1.54, 1.807) is 30.3 Å². The third kappa shape index (κ3) is 5.47. The molecule has 0 radical (unpaired) electrons. The standard InChI is InChI=1S/C20H18BrNO3/c1-3-10-24-17-7-5-15(6-8-17)12-16(13-22)20(23)25-19-9-4-14(2)11-18(19)21/h4-9,11-12H,3,10H2,1-2H3. The van der Waals surface area contributed by atoms with Crippen molar-refractivity contribution in [1.82, 2.24) is 0 Å². The molecule has 5 heteroatoms. The number of aryl methyl sites for hydroxylation is 1. The number of nitrogens with zero attached hydrogens (tertiary/aromatic N) is 1. The topological polar surface area (TPSA) is 59.3 Å². The molecule has 2 aromatic rings. The lowest BCUT2D eigenvalue weighted by Crippen LogP contribution is -2.10. The number of carbonyl (C=O) groups is 1. The van der Waals surface area contributed by atoms with Crippen molar-refractivity contribution in [2.45, 2.75) is 20.3 Å². The molecule has 0 N–H and O–H groups in total. The van der Waals surface area contributed by atoms with Crippen LogP contribution in [0, 0.1) is 18.3 Å². The minimum atomic E-state index is -0.696. The van der Waals surface area contributed by atoms with Crippen LogP contribution in [0.4, 0.5) is 0 Å². The number of carbonyl (C=O) groups excluding carboxylic acids is 1. The van der Waals surface area contributed by atoms with Crippen LogP contribution in [0.5, 0.6) is 11.5 Å². The Hall–Kier alpha value is -2.58. The third-order valence-corrected chi connectivity index (χ3v) is 3.91. The minimum Gasteiger partial charge on any atom is -0.494 e. The van der Waals surface area contributed by atoms with Crippen molar-refractivity contribution in [3.63, 3.8) is 0 Å². The Morgan fingerprint density at radius 2 is 1.96 bits per heavy atom. The van der Waals surface area contributed by atoms with Gasteiger partial charge in [0, 0.05) is 0 Å². The maximum absolute atomic E-state index is 12.2. The normalized spacial score (nSPS) is 10.9. The summed E-state index contributed by atoms with van der Waals surface area (Å²) in [7, 11) is 0. The molecule has 0 spiro atoms. The first-order valence-electron chi connectivity index (χ1n) is 7.86. The summed E-state index contributed by atoms with van der Waals surface area (Å²) in [5.74, 6) is 0.432. The SMILES string of the molecule is CCCOc1ccc(C=C(C#N)C(=O)Oc2ccc(C)cc2Br)cc1. The van der Waals surface area contributed by atoms with Gasteiger partial charge in [-0.3, -0.25) is 0 Å². The fourth-order valence-electron chi connectivity index (χ4n) is 2.03. The second-order valence-electron chi connectivity index (χ2n) is 5.41. The van der Waals surface area contributed by atoms with Crippen molar-refractivity contribution in [1.29, 1.82) is 5.26 Å². The highest BCUT2D eigenvalue weighted by atomic mass is 79.9. The van der Waals surface area contributed by atoms with Crippen LogP contribution in [0.1, 0.15) is 24.5 Å². The van der Waals surface area contributed by atoms with E-state index in [1.807, 2.05) is 32.0 Å². The van der Waals surface area contributed by atoms with Gasteiger partial charge in [0.25, 0.3) is 0 Å². The molecule has 0 aromatic heterocycles. The number of rotatable bonds is 6.